The van der Waals surface area contributed by atoms with Crippen molar-refractivity contribution in [1.29, 1.82) is 0 Å². The first-order chi connectivity index (χ1) is 23.0. The summed E-state index contributed by atoms with van der Waals surface area (Å²) in [6.07, 6.45) is 2.11. The second-order valence-electron chi connectivity index (χ2n) is 11.4. The number of thioether (sulfide) groups is 1. The highest BCUT2D eigenvalue weighted by Gasteiger charge is 2.54. The first kappa shape index (κ1) is 36.7. The Hall–Kier alpha value is -4.10. The van der Waals surface area contributed by atoms with Gasteiger partial charge in [-0.2, -0.15) is 4.98 Å². The molecule has 0 aliphatic carbocycles. The maximum atomic E-state index is 14.2. The molecule has 2 aromatic carbocycles. The van der Waals surface area contributed by atoms with E-state index in [9.17, 15) is 14.0 Å². The summed E-state index contributed by atoms with van der Waals surface area (Å²) in [5, 5.41) is 0. The Morgan fingerprint density at radius 2 is 1.90 bits per heavy atom. The number of halogens is 1. The van der Waals surface area contributed by atoms with Crippen molar-refractivity contribution >= 4 is 29.3 Å². The van der Waals surface area contributed by atoms with Gasteiger partial charge in [-0.1, -0.05) is 6.92 Å². The monoisotopic (exact) mass is 684 g/mol. The van der Waals surface area contributed by atoms with Crippen molar-refractivity contribution in [3.8, 4) is 28.6 Å². The van der Waals surface area contributed by atoms with Crippen LogP contribution in [0.3, 0.4) is 0 Å². The fourth-order valence-corrected chi connectivity index (χ4v) is 6.78. The van der Waals surface area contributed by atoms with Crippen LogP contribution in [-0.2, 0) is 14.3 Å². The van der Waals surface area contributed by atoms with E-state index in [0.717, 1.165) is 5.56 Å². The molecule has 4 rings (SSSR count). The number of hydrogen-bond acceptors (Lipinski definition) is 11. The number of rotatable bonds is 16. The number of aryl methyl sites for hydroxylation is 1. The Bertz CT molecular complexity index is 1550. The molecular formula is C35H45FN4O7S. The zero-order valence-electron chi connectivity index (χ0n) is 28.4. The molecule has 1 fully saturated rings. The van der Waals surface area contributed by atoms with Crippen LogP contribution in [0.2, 0.25) is 0 Å². The van der Waals surface area contributed by atoms with E-state index < -0.39 is 23.0 Å². The smallest absolute Gasteiger partial charge is 0.304 e. The summed E-state index contributed by atoms with van der Waals surface area (Å²) in [6.45, 7) is 9.94. The third-order valence-electron chi connectivity index (χ3n) is 7.81. The second kappa shape index (κ2) is 16.8. The van der Waals surface area contributed by atoms with Gasteiger partial charge in [0.2, 0.25) is 11.6 Å². The number of likely N-dealkylation sites (tertiary alicyclic amines) is 1. The molecule has 13 heteroatoms. The van der Waals surface area contributed by atoms with Gasteiger partial charge in [0.1, 0.15) is 23.1 Å². The molecule has 2 heterocycles. The summed E-state index contributed by atoms with van der Waals surface area (Å²) in [7, 11) is 1.50. The second-order valence-corrected chi connectivity index (χ2v) is 12.7. The number of esters is 1. The predicted octanol–water partition coefficient (Wildman–Crippen LogP) is 6.42. The van der Waals surface area contributed by atoms with E-state index in [1.807, 2.05) is 20.8 Å². The standard InChI is InChI=1S/C35H45FN4O7S/c1-7-44-34(48-8-2)35(47-24(5)41)16-10-17-40(35)33(42)28-19-27(43-6)20-30(32(28)37)45-18-9-11-22(3)46-31-21-29(38-23(4)39-31)25-12-14-26(36)15-13-25/h12-15,19-22,34H,7-11,16-18,37H2,1-6H3/t22-,34?,35+/m1/s1. The molecule has 1 aromatic heterocycles. The van der Waals surface area contributed by atoms with Crippen LogP contribution in [0.5, 0.6) is 17.4 Å². The molecule has 48 heavy (non-hydrogen) atoms. The van der Waals surface area contributed by atoms with Crippen LogP contribution in [-0.4, -0.2) is 76.6 Å². The van der Waals surface area contributed by atoms with Crippen molar-refractivity contribution in [1.82, 2.24) is 14.9 Å². The number of nitrogens with two attached hydrogens (primary N) is 1. The van der Waals surface area contributed by atoms with Gasteiger partial charge in [-0.25, -0.2) is 9.37 Å². The quantitative estimate of drug-likeness (QED) is 0.0775. The molecule has 0 saturated carbocycles. The van der Waals surface area contributed by atoms with Crippen LogP contribution in [0.15, 0.2) is 42.5 Å². The van der Waals surface area contributed by atoms with Crippen LogP contribution in [0.4, 0.5) is 10.1 Å². The summed E-state index contributed by atoms with van der Waals surface area (Å²) in [4.78, 5) is 36.9. The van der Waals surface area contributed by atoms with Gasteiger partial charge in [0.05, 0.1) is 36.8 Å². The van der Waals surface area contributed by atoms with E-state index in [1.54, 1.807) is 42.2 Å². The highest BCUT2D eigenvalue weighted by Crippen LogP contribution is 2.43. The number of aromatic nitrogens is 2. The van der Waals surface area contributed by atoms with E-state index in [1.165, 1.54) is 37.9 Å². The number of nitrogen functional groups attached to an aromatic ring is 1. The minimum Gasteiger partial charge on any atom is -0.497 e. The molecule has 3 atom stereocenters. The zero-order valence-corrected chi connectivity index (χ0v) is 29.2. The Morgan fingerprint density at radius 3 is 2.56 bits per heavy atom. The number of amides is 1. The van der Waals surface area contributed by atoms with Gasteiger partial charge in [0.25, 0.3) is 5.91 Å². The zero-order chi connectivity index (χ0) is 34.8. The number of hydrogen-bond donors (Lipinski definition) is 1. The summed E-state index contributed by atoms with van der Waals surface area (Å²) >= 11 is 1.48. The molecule has 3 aromatic rings. The molecular weight excluding hydrogens is 639 g/mol. The predicted molar refractivity (Wildman–Crippen MR) is 183 cm³/mol. The maximum Gasteiger partial charge on any atom is 0.304 e. The molecule has 2 N–H and O–H groups in total. The van der Waals surface area contributed by atoms with E-state index in [4.69, 9.17) is 29.4 Å². The molecule has 0 spiro atoms. The van der Waals surface area contributed by atoms with Gasteiger partial charge in [-0.05, 0) is 76.1 Å². The molecule has 1 saturated heterocycles. The van der Waals surface area contributed by atoms with Gasteiger partial charge in [0.15, 0.2) is 5.44 Å². The number of methoxy groups -OCH3 is 1. The van der Waals surface area contributed by atoms with Crippen LogP contribution in [0.1, 0.15) is 69.6 Å². The summed E-state index contributed by atoms with van der Waals surface area (Å²) in [6, 6.07) is 11.0. The summed E-state index contributed by atoms with van der Waals surface area (Å²) < 4.78 is 43.0. The Labute approximate surface area is 285 Å². The minimum absolute atomic E-state index is 0.162. The van der Waals surface area contributed by atoms with E-state index in [2.05, 4.69) is 9.97 Å². The molecule has 11 nitrogen and oxygen atoms in total. The number of anilines is 1. The van der Waals surface area contributed by atoms with Crippen LogP contribution in [0.25, 0.3) is 11.3 Å². The Balaban J connectivity index is 1.45. The number of carbonyl (C=O) groups excluding carboxylic acids is 2. The number of nitrogens with zero attached hydrogens (tertiary/aromatic N) is 3. The maximum absolute atomic E-state index is 14.2. The fourth-order valence-electron chi connectivity index (χ4n) is 5.70. The number of benzene rings is 2. The first-order valence-electron chi connectivity index (χ1n) is 16.1. The fraction of sp³-hybridized carbons (Fsp3) is 0.486. The molecule has 1 aliphatic rings. The molecule has 1 unspecified atom stereocenters. The van der Waals surface area contributed by atoms with Crippen molar-refractivity contribution < 1.29 is 37.7 Å². The van der Waals surface area contributed by atoms with Gasteiger partial charge in [0, 0.05) is 44.2 Å². The van der Waals surface area contributed by atoms with Crippen molar-refractivity contribution in [2.75, 3.05) is 38.4 Å². The van der Waals surface area contributed by atoms with Crippen molar-refractivity contribution in [3.63, 3.8) is 0 Å². The van der Waals surface area contributed by atoms with E-state index >= 15 is 0 Å². The van der Waals surface area contributed by atoms with E-state index in [-0.39, 0.29) is 23.2 Å². The highest BCUT2D eigenvalue weighted by atomic mass is 32.2. The summed E-state index contributed by atoms with van der Waals surface area (Å²) in [5.41, 5.74) is 6.45. The molecule has 1 amide bonds. The van der Waals surface area contributed by atoms with Crippen molar-refractivity contribution in [2.45, 2.75) is 77.6 Å². The SMILES string of the molecule is CCOC(SCC)[C@@]1(OC(C)=O)CCCN1C(=O)c1cc(OC)cc(OCCC[C@@H](C)Oc2cc(-c3ccc(F)cc3)nc(C)n2)c1N. The van der Waals surface area contributed by atoms with E-state index in [0.29, 0.717) is 80.1 Å². The minimum atomic E-state index is -1.28. The highest BCUT2D eigenvalue weighted by molar-refractivity contribution is 7.99. The van der Waals surface area contributed by atoms with Gasteiger partial charge in [-0.15, -0.1) is 11.8 Å². The first-order valence-corrected chi connectivity index (χ1v) is 17.2. The topological polar surface area (TPSA) is 135 Å². The lowest BCUT2D eigenvalue weighted by Crippen LogP contribution is -2.57. The average Bonchev–Trinajstić information content (AvgIpc) is 3.47. The molecule has 1 aliphatic heterocycles. The third kappa shape index (κ3) is 8.87. The van der Waals surface area contributed by atoms with Crippen molar-refractivity contribution in [3.05, 3.63) is 59.7 Å². The van der Waals surface area contributed by atoms with Crippen LogP contribution < -0.4 is 19.9 Å². The molecule has 0 radical (unpaired) electrons. The lowest BCUT2D eigenvalue weighted by molar-refractivity contribution is -0.187. The third-order valence-corrected chi connectivity index (χ3v) is 8.95. The molecule has 260 valence electrons. The van der Waals surface area contributed by atoms with Gasteiger partial charge >= 0.3 is 5.97 Å². The molecule has 0 bridgehead atoms. The van der Waals surface area contributed by atoms with Crippen LogP contribution >= 0.6 is 11.8 Å². The van der Waals surface area contributed by atoms with Crippen molar-refractivity contribution in [2.24, 2.45) is 0 Å². The normalized spacial score (nSPS) is 17.1. The number of ether oxygens (including phenoxy) is 5. The summed E-state index contributed by atoms with van der Waals surface area (Å²) in [5.74, 6) is 1.15. The number of carbonyl (C=O) groups is 2. The van der Waals surface area contributed by atoms with Gasteiger partial charge in [-0.3, -0.25) is 14.5 Å². The lowest BCUT2D eigenvalue weighted by atomic mass is 10.1. The van der Waals surface area contributed by atoms with Gasteiger partial charge < -0.3 is 29.4 Å². The average molecular weight is 685 g/mol. The van der Waals surface area contributed by atoms with Crippen LogP contribution in [0, 0.1) is 12.7 Å². The lowest BCUT2D eigenvalue weighted by Gasteiger charge is -2.42. The Morgan fingerprint density at radius 1 is 1.15 bits per heavy atom. The largest absolute Gasteiger partial charge is 0.497 e. The Kier molecular flexibility index (Phi) is 12.9.